The first kappa shape index (κ1) is 11.5. The average molecular weight is 213 g/mol. The Bertz CT molecular complexity index is 383. The van der Waals surface area contributed by atoms with Crippen LogP contribution in [-0.2, 0) is 5.92 Å². The van der Waals surface area contributed by atoms with E-state index in [1.54, 1.807) is 0 Å². The van der Waals surface area contributed by atoms with Crippen LogP contribution in [-0.4, -0.2) is 7.11 Å². The second-order valence-corrected chi connectivity index (χ2v) is 3.28. The predicted molar refractivity (Wildman–Crippen MR) is 57.1 cm³/mol. The van der Waals surface area contributed by atoms with Gasteiger partial charge in [0, 0.05) is 18.1 Å². The maximum absolute atomic E-state index is 13.1. The molecule has 2 N–H and O–H groups in total. The van der Waals surface area contributed by atoms with E-state index in [2.05, 4.69) is 6.58 Å². The van der Waals surface area contributed by atoms with Crippen LogP contribution < -0.4 is 10.5 Å². The van der Waals surface area contributed by atoms with Gasteiger partial charge in [0.1, 0.15) is 5.75 Å². The van der Waals surface area contributed by atoms with Crippen LogP contribution in [0.4, 0.5) is 14.5 Å². The molecule has 1 rings (SSSR count). The fraction of sp³-hybridized carbons (Fsp3) is 0.273. The van der Waals surface area contributed by atoms with E-state index in [1.165, 1.54) is 25.3 Å². The summed E-state index contributed by atoms with van der Waals surface area (Å²) in [5.74, 6) is -2.55. The third kappa shape index (κ3) is 2.26. The number of nitrogen functional groups attached to an aromatic ring is 1. The van der Waals surface area contributed by atoms with E-state index in [4.69, 9.17) is 10.5 Å². The largest absolute Gasteiger partial charge is 0.494 e. The Hall–Kier alpha value is -1.58. The van der Waals surface area contributed by atoms with Gasteiger partial charge in [-0.05, 0) is 12.1 Å². The van der Waals surface area contributed by atoms with E-state index in [-0.39, 0.29) is 11.3 Å². The quantitative estimate of drug-likeness (QED) is 0.783. The molecule has 0 aromatic heterocycles. The fourth-order valence-electron chi connectivity index (χ4n) is 1.32. The fourth-order valence-corrected chi connectivity index (χ4v) is 1.32. The van der Waals surface area contributed by atoms with Crippen LogP contribution in [0.3, 0.4) is 0 Å². The van der Waals surface area contributed by atoms with E-state index < -0.39 is 5.92 Å². The molecule has 0 amide bonds. The van der Waals surface area contributed by atoms with Gasteiger partial charge in [0.25, 0.3) is 5.92 Å². The molecule has 0 unspecified atom stereocenters. The molecule has 0 saturated carbocycles. The van der Waals surface area contributed by atoms with E-state index in [9.17, 15) is 8.78 Å². The summed E-state index contributed by atoms with van der Waals surface area (Å²) in [6.07, 6.45) is 1.43. The van der Waals surface area contributed by atoms with Crippen molar-refractivity contribution in [2.24, 2.45) is 0 Å². The molecule has 0 aliphatic rings. The molecule has 0 aliphatic heterocycles. The van der Waals surface area contributed by atoms with Gasteiger partial charge in [0.2, 0.25) is 0 Å². The van der Waals surface area contributed by atoms with Crippen LogP contribution in [0.1, 0.15) is 18.1 Å². The van der Waals surface area contributed by atoms with Crippen molar-refractivity contribution in [2.45, 2.75) is 12.8 Å². The summed E-state index contributed by atoms with van der Waals surface area (Å²) in [4.78, 5) is 0. The van der Waals surface area contributed by atoms with Crippen LogP contribution in [0.2, 0.25) is 0 Å². The first-order valence-electron chi connectivity index (χ1n) is 4.38. The van der Waals surface area contributed by atoms with Crippen molar-refractivity contribution < 1.29 is 13.5 Å². The number of nitrogens with two attached hydrogens (primary N) is 1. The minimum absolute atomic E-state index is 0.143. The highest BCUT2D eigenvalue weighted by Crippen LogP contribution is 2.35. The molecule has 0 bridgehead atoms. The lowest BCUT2D eigenvalue weighted by molar-refractivity contribution is 0.0175. The van der Waals surface area contributed by atoms with E-state index in [1.807, 2.05) is 0 Å². The Kier molecular flexibility index (Phi) is 2.98. The predicted octanol–water partition coefficient (Wildman–Crippen LogP) is 3.03. The van der Waals surface area contributed by atoms with Crippen molar-refractivity contribution >= 4 is 11.8 Å². The second kappa shape index (κ2) is 3.88. The highest BCUT2D eigenvalue weighted by molar-refractivity contribution is 5.68. The van der Waals surface area contributed by atoms with Gasteiger partial charge in [0.05, 0.1) is 12.8 Å². The minimum Gasteiger partial charge on any atom is -0.494 e. The van der Waals surface area contributed by atoms with Crippen molar-refractivity contribution in [1.29, 1.82) is 0 Å². The summed E-state index contributed by atoms with van der Waals surface area (Å²) < 4.78 is 31.1. The van der Waals surface area contributed by atoms with E-state index in [0.717, 1.165) is 6.92 Å². The van der Waals surface area contributed by atoms with Crippen molar-refractivity contribution in [1.82, 2.24) is 0 Å². The van der Waals surface area contributed by atoms with Crippen LogP contribution >= 0.6 is 0 Å². The lowest BCUT2D eigenvalue weighted by atomic mass is 10.0. The molecule has 15 heavy (non-hydrogen) atoms. The average Bonchev–Trinajstić information content (AvgIpc) is 2.15. The molecule has 0 saturated heterocycles. The topological polar surface area (TPSA) is 35.2 Å². The van der Waals surface area contributed by atoms with Crippen molar-refractivity contribution in [3.63, 3.8) is 0 Å². The molecule has 1 aromatic rings. The smallest absolute Gasteiger partial charge is 0.270 e. The molecule has 82 valence electrons. The summed E-state index contributed by atoms with van der Waals surface area (Å²) in [6, 6.07) is 2.54. The van der Waals surface area contributed by atoms with Gasteiger partial charge < -0.3 is 10.5 Å². The molecule has 0 heterocycles. The summed E-state index contributed by atoms with van der Waals surface area (Å²) in [5, 5.41) is 0. The van der Waals surface area contributed by atoms with Crippen LogP contribution in [0.15, 0.2) is 18.7 Å². The number of rotatable bonds is 3. The highest BCUT2D eigenvalue weighted by Gasteiger charge is 2.26. The maximum atomic E-state index is 13.1. The molecule has 0 spiro atoms. The minimum atomic E-state index is -2.92. The van der Waals surface area contributed by atoms with Crippen molar-refractivity contribution in [3.05, 3.63) is 29.8 Å². The molecule has 0 radical (unpaired) electrons. The maximum Gasteiger partial charge on any atom is 0.270 e. The number of anilines is 1. The standard InChI is InChI=1S/C11H13F2NO/c1-4-7-5-8(11(2,12)13)6-9(14)10(7)15-3/h4-6H,1,14H2,2-3H3. The molecule has 0 atom stereocenters. The lowest BCUT2D eigenvalue weighted by Gasteiger charge is -2.15. The second-order valence-electron chi connectivity index (χ2n) is 3.28. The summed E-state index contributed by atoms with van der Waals surface area (Å²) in [6.45, 7) is 4.34. The molecule has 4 heteroatoms. The molecular weight excluding hydrogens is 200 g/mol. The number of alkyl halides is 2. The van der Waals surface area contributed by atoms with Gasteiger partial charge in [-0.15, -0.1) is 0 Å². The molecule has 0 aliphatic carbocycles. The zero-order valence-electron chi connectivity index (χ0n) is 8.68. The van der Waals surface area contributed by atoms with Crippen LogP contribution in [0.25, 0.3) is 6.08 Å². The van der Waals surface area contributed by atoms with E-state index >= 15 is 0 Å². The van der Waals surface area contributed by atoms with Crippen molar-refractivity contribution in [3.8, 4) is 5.75 Å². The number of ether oxygens (including phenoxy) is 1. The van der Waals surface area contributed by atoms with Crippen LogP contribution in [0.5, 0.6) is 5.75 Å². The Morgan fingerprint density at radius 3 is 2.47 bits per heavy atom. The van der Waals surface area contributed by atoms with Gasteiger partial charge in [-0.25, -0.2) is 8.78 Å². The van der Waals surface area contributed by atoms with E-state index in [0.29, 0.717) is 11.3 Å². The zero-order valence-corrected chi connectivity index (χ0v) is 8.68. The van der Waals surface area contributed by atoms with Gasteiger partial charge >= 0.3 is 0 Å². The molecule has 2 nitrogen and oxygen atoms in total. The summed E-state index contributed by atoms with van der Waals surface area (Å²) in [7, 11) is 1.43. The molecular formula is C11H13F2NO. The lowest BCUT2D eigenvalue weighted by Crippen LogP contribution is -2.09. The number of halogens is 2. The SMILES string of the molecule is C=Cc1cc(C(C)(F)F)cc(N)c1OC. The molecule has 1 aromatic carbocycles. The Morgan fingerprint density at radius 2 is 2.07 bits per heavy atom. The summed E-state index contributed by atoms with van der Waals surface area (Å²) in [5.41, 5.74) is 6.11. The Morgan fingerprint density at radius 1 is 1.47 bits per heavy atom. The first-order valence-corrected chi connectivity index (χ1v) is 4.38. The number of benzene rings is 1. The van der Waals surface area contributed by atoms with Gasteiger partial charge in [-0.2, -0.15) is 0 Å². The Labute approximate surface area is 87.4 Å². The van der Waals surface area contributed by atoms with Gasteiger partial charge in [-0.1, -0.05) is 12.7 Å². The Balaban J connectivity index is 3.38. The third-order valence-electron chi connectivity index (χ3n) is 2.08. The zero-order chi connectivity index (χ0) is 11.6. The van der Waals surface area contributed by atoms with Crippen LogP contribution in [0, 0.1) is 0 Å². The van der Waals surface area contributed by atoms with Crippen molar-refractivity contribution in [2.75, 3.05) is 12.8 Å². The number of hydrogen-bond acceptors (Lipinski definition) is 2. The number of hydrogen-bond donors (Lipinski definition) is 1. The first-order chi connectivity index (χ1) is 6.90. The van der Waals surface area contributed by atoms with Gasteiger partial charge in [0.15, 0.2) is 0 Å². The molecule has 0 fully saturated rings. The third-order valence-corrected chi connectivity index (χ3v) is 2.08. The monoisotopic (exact) mass is 213 g/mol. The van der Waals surface area contributed by atoms with Gasteiger partial charge in [-0.3, -0.25) is 0 Å². The normalized spacial score (nSPS) is 11.2. The highest BCUT2D eigenvalue weighted by atomic mass is 19.3. The number of methoxy groups -OCH3 is 1. The summed E-state index contributed by atoms with van der Waals surface area (Å²) >= 11 is 0.